The van der Waals surface area contributed by atoms with Crippen LogP contribution in [0, 0.1) is 0 Å². The third-order valence-electron chi connectivity index (χ3n) is 3.05. The molecule has 0 aliphatic heterocycles. The molecule has 23 heavy (non-hydrogen) atoms. The van der Waals surface area contributed by atoms with Crippen molar-refractivity contribution in [3.8, 4) is 0 Å². The Balaban J connectivity index is 2.02. The van der Waals surface area contributed by atoms with E-state index in [4.69, 9.17) is 40.6 Å². The summed E-state index contributed by atoms with van der Waals surface area (Å²) in [6.07, 6.45) is 0. The van der Waals surface area contributed by atoms with Crippen LogP contribution in [0.3, 0.4) is 0 Å². The molecule has 0 aliphatic carbocycles. The Morgan fingerprint density at radius 2 is 1.91 bits per heavy atom. The van der Waals surface area contributed by atoms with Crippen LogP contribution in [0.4, 0.5) is 10.8 Å². The van der Waals surface area contributed by atoms with E-state index in [2.05, 4.69) is 15.7 Å². The Labute approximate surface area is 150 Å². The van der Waals surface area contributed by atoms with Crippen molar-refractivity contribution >= 4 is 73.1 Å². The number of hydrogen-bond donors (Lipinski definition) is 3. The highest BCUT2D eigenvalue weighted by molar-refractivity contribution is 7.23. The Kier molecular flexibility index (Phi) is 4.61. The van der Waals surface area contributed by atoms with Gasteiger partial charge in [-0.2, -0.15) is 0 Å². The van der Waals surface area contributed by atoms with Crippen LogP contribution in [0.5, 0.6) is 0 Å². The molecular weight excluding hydrogens is 379 g/mol. The third-order valence-corrected chi connectivity index (χ3v) is 5.18. The lowest BCUT2D eigenvalue weighted by molar-refractivity contribution is 0.102. The van der Waals surface area contributed by atoms with E-state index in [0.29, 0.717) is 41.7 Å². The van der Waals surface area contributed by atoms with E-state index in [1.807, 2.05) is 0 Å². The molecule has 0 bridgehead atoms. The Morgan fingerprint density at radius 1 is 1.17 bits per heavy atom. The second-order valence-corrected chi connectivity index (χ2v) is 6.69. The Bertz CT molecular complexity index is 912. The average Bonchev–Trinajstić information content (AvgIpc) is 2.98. The summed E-state index contributed by atoms with van der Waals surface area (Å²) in [4.78, 5) is 16.6. The third kappa shape index (κ3) is 3.08. The lowest BCUT2D eigenvalue weighted by Gasteiger charge is -2.09. The van der Waals surface area contributed by atoms with Gasteiger partial charge in [0.05, 0.1) is 31.0 Å². The summed E-state index contributed by atoms with van der Waals surface area (Å²) in [6, 6.07) is 8.26. The SMILES string of the molecule is NNc1nc2c(Cl)cc(NC(=O)c3ccccc3Cl)c(Cl)c2s1. The minimum absolute atomic E-state index is 0.337. The van der Waals surface area contributed by atoms with Crippen LogP contribution in [-0.4, -0.2) is 10.9 Å². The van der Waals surface area contributed by atoms with Gasteiger partial charge in [0.1, 0.15) is 5.52 Å². The highest BCUT2D eigenvalue weighted by Crippen LogP contribution is 2.40. The maximum atomic E-state index is 12.4. The molecule has 0 fully saturated rings. The fourth-order valence-electron chi connectivity index (χ4n) is 2.00. The van der Waals surface area contributed by atoms with Crippen LogP contribution in [0.15, 0.2) is 30.3 Å². The van der Waals surface area contributed by atoms with E-state index in [1.54, 1.807) is 30.3 Å². The number of halogens is 3. The van der Waals surface area contributed by atoms with Crippen molar-refractivity contribution in [3.05, 3.63) is 51.0 Å². The summed E-state index contributed by atoms with van der Waals surface area (Å²) in [5, 5.41) is 4.23. The van der Waals surface area contributed by atoms with Gasteiger partial charge in [-0.25, -0.2) is 10.8 Å². The monoisotopic (exact) mass is 386 g/mol. The number of carbonyl (C=O) groups is 1. The molecule has 0 unspecified atom stereocenters. The summed E-state index contributed by atoms with van der Waals surface area (Å²) in [5.41, 5.74) is 3.69. The van der Waals surface area contributed by atoms with Gasteiger partial charge in [0, 0.05) is 0 Å². The largest absolute Gasteiger partial charge is 0.320 e. The summed E-state index contributed by atoms with van der Waals surface area (Å²) < 4.78 is 0.626. The van der Waals surface area contributed by atoms with Crippen LogP contribution >= 0.6 is 46.1 Å². The van der Waals surface area contributed by atoms with Crippen LogP contribution in [0.1, 0.15) is 10.4 Å². The molecule has 9 heteroatoms. The molecule has 5 nitrogen and oxygen atoms in total. The molecule has 3 rings (SSSR count). The fraction of sp³-hybridized carbons (Fsp3) is 0. The first-order valence-electron chi connectivity index (χ1n) is 6.32. The molecule has 1 aromatic heterocycles. The quantitative estimate of drug-likeness (QED) is 0.446. The van der Waals surface area contributed by atoms with E-state index < -0.39 is 0 Å². The first-order valence-corrected chi connectivity index (χ1v) is 8.27. The fourth-order valence-corrected chi connectivity index (χ4v) is 3.67. The normalized spacial score (nSPS) is 10.8. The molecule has 0 atom stereocenters. The zero-order valence-electron chi connectivity index (χ0n) is 11.4. The van der Waals surface area contributed by atoms with Crippen molar-refractivity contribution in [3.63, 3.8) is 0 Å². The molecule has 0 saturated heterocycles. The summed E-state index contributed by atoms with van der Waals surface area (Å²) in [5.74, 6) is 4.97. The minimum atomic E-state index is -0.380. The number of nitrogen functional groups attached to an aromatic ring is 1. The number of thiazole rings is 1. The number of amides is 1. The van der Waals surface area contributed by atoms with Crippen LogP contribution < -0.4 is 16.6 Å². The first-order chi connectivity index (χ1) is 11.0. The van der Waals surface area contributed by atoms with E-state index in [9.17, 15) is 4.79 Å². The van der Waals surface area contributed by atoms with Crippen molar-refractivity contribution in [2.75, 3.05) is 10.7 Å². The lowest BCUT2D eigenvalue weighted by atomic mass is 10.2. The molecule has 2 aromatic carbocycles. The smallest absolute Gasteiger partial charge is 0.257 e. The molecule has 0 saturated carbocycles. The number of hydrazine groups is 1. The number of anilines is 2. The predicted octanol–water partition coefficient (Wildman–Crippen LogP) is 4.79. The molecule has 3 aromatic rings. The maximum absolute atomic E-state index is 12.4. The number of nitrogens with zero attached hydrogens (tertiary/aromatic N) is 1. The number of rotatable bonds is 3. The van der Waals surface area contributed by atoms with Gasteiger partial charge in [-0.3, -0.25) is 10.2 Å². The molecule has 1 heterocycles. The molecule has 0 spiro atoms. The standard InChI is InChI=1S/C14H9Cl3N4OS/c15-7-4-2-1-3-6(7)13(22)19-9-5-8(16)11-12(10(9)17)23-14(20-11)21-18/h1-5H,18H2,(H,19,22)(H,20,21). The van der Waals surface area contributed by atoms with Gasteiger partial charge in [0.25, 0.3) is 5.91 Å². The average molecular weight is 388 g/mol. The predicted molar refractivity (Wildman–Crippen MR) is 96.9 cm³/mol. The van der Waals surface area contributed by atoms with E-state index in [0.717, 1.165) is 0 Å². The Hall–Kier alpha value is -1.57. The van der Waals surface area contributed by atoms with Gasteiger partial charge in [0.2, 0.25) is 0 Å². The minimum Gasteiger partial charge on any atom is -0.320 e. The second-order valence-electron chi connectivity index (χ2n) is 4.49. The van der Waals surface area contributed by atoms with E-state index in [-0.39, 0.29) is 5.91 Å². The number of nitrogens with one attached hydrogen (secondary N) is 2. The van der Waals surface area contributed by atoms with Crippen molar-refractivity contribution < 1.29 is 4.79 Å². The zero-order valence-corrected chi connectivity index (χ0v) is 14.4. The number of hydrogen-bond acceptors (Lipinski definition) is 5. The molecule has 4 N–H and O–H groups in total. The number of carbonyl (C=O) groups excluding carboxylic acids is 1. The maximum Gasteiger partial charge on any atom is 0.257 e. The van der Waals surface area contributed by atoms with Gasteiger partial charge < -0.3 is 5.32 Å². The summed E-state index contributed by atoms with van der Waals surface area (Å²) in [7, 11) is 0. The number of aromatic nitrogens is 1. The molecule has 1 amide bonds. The van der Waals surface area contributed by atoms with Crippen LogP contribution in [0.2, 0.25) is 15.1 Å². The van der Waals surface area contributed by atoms with Gasteiger partial charge in [-0.1, -0.05) is 58.3 Å². The lowest BCUT2D eigenvalue weighted by Crippen LogP contribution is -2.12. The molecule has 118 valence electrons. The summed E-state index contributed by atoms with van der Waals surface area (Å²) >= 11 is 19.8. The molecule has 0 aliphatic rings. The number of benzene rings is 2. The van der Waals surface area contributed by atoms with Gasteiger partial charge in [0.15, 0.2) is 5.13 Å². The highest BCUT2D eigenvalue weighted by atomic mass is 35.5. The summed E-state index contributed by atoms with van der Waals surface area (Å²) in [6.45, 7) is 0. The molecule has 0 radical (unpaired) electrons. The molecular formula is C14H9Cl3N4OS. The van der Waals surface area contributed by atoms with Crippen molar-refractivity contribution in [2.24, 2.45) is 5.84 Å². The van der Waals surface area contributed by atoms with Gasteiger partial charge in [-0.05, 0) is 18.2 Å². The van der Waals surface area contributed by atoms with Gasteiger partial charge >= 0.3 is 0 Å². The number of nitrogens with two attached hydrogens (primary N) is 1. The van der Waals surface area contributed by atoms with Gasteiger partial charge in [-0.15, -0.1) is 0 Å². The van der Waals surface area contributed by atoms with Crippen molar-refractivity contribution in [1.29, 1.82) is 0 Å². The van der Waals surface area contributed by atoms with E-state index >= 15 is 0 Å². The zero-order chi connectivity index (χ0) is 16.6. The topological polar surface area (TPSA) is 80.0 Å². The first kappa shape index (κ1) is 16.3. The van der Waals surface area contributed by atoms with Crippen molar-refractivity contribution in [2.45, 2.75) is 0 Å². The van der Waals surface area contributed by atoms with Crippen LogP contribution in [0.25, 0.3) is 10.2 Å². The van der Waals surface area contributed by atoms with Crippen molar-refractivity contribution in [1.82, 2.24) is 4.98 Å². The second kappa shape index (κ2) is 6.51. The van der Waals surface area contributed by atoms with E-state index in [1.165, 1.54) is 11.3 Å². The Morgan fingerprint density at radius 3 is 2.61 bits per heavy atom. The number of fused-ring (bicyclic) bond motifs is 1. The van der Waals surface area contributed by atoms with Crippen LogP contribution in [-0.2, 0) is 0 Å². The highest BCUT2D eigenvalue weighted by Gasteiger charge is 2.17.